The molecule has 0 aliphatic carbocycles. The molecule has 0 saturated carbocycles. The van der Waals surface area contributed by atoms with Crippen LogP contribution < -0.4 is 10.6 Å². The van der Waals surface area contributed by atoms with Crippen molar-refractivity contribution in [2.45, 2.75) is 26.8 Å². The largest absolute Gasteiger partial charge is 0.480 e. The molecule has 14 heavy (non-hydrogen) atoms. The van der Waals surface area contributed by atoms with Gasteiger partial charge >= 0.3 is 12.0 Å². The van der Waals surface area contributed by atoms with Crippen molar-refractivity contribution >= 4 is 12.0 Å². The molecule has 80 valence electrons. The summed E-state index contributed by atoms with van der Waals surface area (Å²) in [4.78, 5) is 21.8. The molecule has 0 aromatic heterocycles. The first-order valence-corrected chi connectivity index (χ1v) is 4.40. The van der Waals surface area contributed by atoms with Crippen molar-refractivity contribution in [1.29, 1.82) is 0 Å². The highest BCUT2D eigenvalue weighted by atomic mass is 16.4. The summed E-state index contributed by atoms with van der Waals surface area (Å²) in [6.45, 7) is 5.21. The highest BCUT2D eigenvalue weighted by Crippen LogP contribution is 2.00. The monoisotopic (exact) mass is 200 g/mol. The molecular formula is C9H16N2O3. The van der Waals surface area contributed by atoms with Gasteiger partial charge in [0.1, 0.15) is 6.04 Å². The number of aliphatic carboxylic acids is 1. The number of carboxylic acid groups (broad SMARTS) is 1. The van der Waals surface area contributed by atoms with Crippen LogP contribution in [0.2, 0.25) is 0 Å². The molecule has 1 unspecified atom stereocenters. The van der Waals surface area contributed by atoms with Crippen molar-refractivity contribution in [3.8, 4) is 0 Å². The molecule has 2 amide bonds. The topological polar surface area (TPSA) is 78.4 Å². The molecule has 0 aromatic rings. The van der Waals surface area contributed by atoms with Crippen LogP contribution in [-0.4, -0.2) is 23.1 Å². The lowest BCUT2D eigenvalue weighted by molar-refractivity contribution is -0.140. The highest BCUT2D eigenvalue weighted by Gasteiger charge is 2.22. The van der Waals surface area contributed by atoms with E-state index in [-0.39, 0.29) is 5.92 Å². The van der Waals surface area contributed by atoms with E-state index in [4.69, 9.17) is 5.11 Å². The molecule has 0 saturated heterocycles. The fourth-order valence-corrected chi connectivity index (χ4v) is 0.855. The third kappa shape index (κ3) is 4.49. The van der Waals surface area contributed by atoms with Gasteiger partial charge in [0.05, 0.1) is 0 Å². The van der Waals surface area contributed by atoms with E-state index in [1.54, 1.807) is 26.8 Å². The molecule has 5 nitrogen and oxygen atoms in total. The molecule has 0 aromatic carbocycles. The lowest BCUT2D eigenvalue weighted by atomic mass is 10.1. The predicted molar refractivity (Wildman–Crippen MR) is 52.7 cm³/mol. The molecule has 0 heterocycles. The van der Waals surface area contributed by atoms with Crippen molar-refractivity contribution in [2.24, 2.45) is 5.92 Å². The van der Waals surface area contributed by atoms with Crippen LogP contribution in [0.1, 0.15) is 20.8 Å². The maximum absolute atomic E-state index is 11.1. The normalized spacial score (nSPS) is 12.9. The SMILES string of the molecule is C/C=C/NC(=O)NC(C(=O)O)C(C)C. The van der Waals surface area contributed by atoms with E-state index in [2.05, 4.69) is 10.6 Å². The third-order valence-electron chi connectivity index (χ3n) is 1.60. The Hall–Kier alpha value is -1.52. The van der Waals surface area contributed by atoms with E-state index < -0.39 is 18.0 Å². The van der Waals surface area contributed by atoms with Crippen LogP contribution in [0.25, 0.3) is 0 Å². The number of nitrogens with one attached hydrogen (secondary N) is 2. The summed E-state index contributed by atoms with van der Waals surface area (Å²) in [5, 5.41) is 13.5. The molecule has 0 aliphatic heterocycles. The molecule has 3 N–H and O–H groups in total. The summed E-state index contributed by atoms with van der Waals surface area (Å²) in [6, 6.07) is -1.37. The Labute approximate surface area is 83.2 Å². The van der Waals surface area contributed by atoms with Crippen LogP contribution in [0.5, 0.6) is 0 Å². The van der Waals surface area contributed by atoms with E-state index >= 15 is 0 Å². The minimum Gasteiger partial charge on any atom is -0.480 e. The van der Waals surface area contributed by atoms with E-state index in [0.717, 1.165) is 0 Å². The van der Waals surface area contributed by atoms with Crippen LogP contribution in [0.4, 0.5) is 4.79 Å². The van der Waals surface area contributed by atoms with Crippen LogP contribution >= 0.6 is 0 Å². The fraction of sp³-hybridized carbons (Fsp3) is 0.556. The molecular weight excluding hydrogens is 184 g/mol. The second-order valence-corrected chi connectivity index (χ2v) is 3.18. The summed E-state index contributed by atoms with van der Waals surface area (Å²) in [6.07, 6.45) is 3.08. The molecule has 0 rings (SSSR count). The minimum absolute atomic E-state index is 0.149. The first kappa shape index (κ1) is 12.5. The van der Waals surface area contributed by atoms with Crippen molar-refractivity contribution in [3.63, 3.8) is 0 Å². The second kappa shape index (κ2) is 6.01. The van der Waals surface area contributed by atoms with E-state index in [0.29, 0.717) is 0 Å². The number of amides is 2. The molecule has 0 bridgehead atoms. The maximum Gasteiger partial charge on any atom is 0.326 e. The van der Waals surface area contributed by atoms with Crippen LogP contribution in [0.3, 0.4) is 0 Å². The highest BCUT2D eigenvalue weighted by molar-refractivity contribution is 5.83. The quantitative estimate of drug-likeness (QED) is 0.631. The summed E-state index contributed by atoms with van der Waals surface area (Å²) < 4.78 is 0. The van der Waals surface area contributed by atoms with Gasteiger partial charge in [-0.2, -0.15) is 0 Å². The van der Waals surface area contributed by atoms with E-state index in [9.17, 15) is 9.59 Å². The van der Waals surface area contributed by atoms with Gasteiger partial charge < -0.3 is 15.7 Å². The number of carboxylic acids is 1. The van der Waals surface area contributed by atoms with Crippen molar-refractivity contribution < 1.29 is 14.7 Å². The van der Waals surface area contributed by atoms with Gasteiger partial charge in [-0.3, -0.25) is 0 Å². The lowest BCUT2D eigenvalue weighted by Gasteiger charge is -2.17. The Bertz CT molecular complexity index is 236. The van der Waals surface area contributed by atoms with Gasteiger partial charge in [-0.25, -0.2) is 9.59 Å². The standard InChI is InChI=1S/C9H16N2O3/c1-4-5-10-9(14)11-7(6(2)3)8(12)13/h4-7H,1-3H3,(H,12,13)(H2,10,11,14)/b5-4+. The molecule has 0 fully saturated rings. The zero-order valence-corrected chi connectivity index (χ0v) is 8.57. The third-order valence-corrected chi connectivity index (χ3v) is 1.60. The first-order chi connectivity index (χ1) is 6.49. The Morgan fingerprint density at radius 3 is 2.29 bits per heavy atom. The van der Waals surface area contributed by atoms with Crippen molar-refractivity contribution in [3.05, 3.63) is 12.3 Å². The maximum atomic E-state index is 11.1. The zero-order chi connectivity index (χ0) is 11.1. The number of rotatable bonds is 4. The molecule has 5 heteroatoms. The Morgan fingerprint density at radius 1 is 1.36 bits per heavy atom. The van der Waals surface area contributed by atoms with E-state index in [1.165, 1.54) is 6.20 Å². The number of urea groups is 1. The van der Waals surface area contributed by atoms with Crippen LogP contribution in [0, 0.1) is 5.92 Å². The average Bonchev–Trinajstić information content (AvgIpc) is 2.09. The number of carbonyl (C=O) groups is 2. The molecule has 0 aliphatic rings. The molecule has 1 atom stereocenters. The molecule has 0 spiro atoms. The van der Waals surface area contributed by atoms with Crippen molar-refractivity contribution in [2.75, 3.05) is 0 Å². The van der Waals surface area contributed by atoms with E-state index in [1.807, 2.05) is 0 Å². The number of hydrogen-bond donors (Lipinski definition) is 3. The average molecular weight is 200 g/mol. The van der Waals surface area contributed by atoms with Gasteiger partial charge in [0.15, 0.2) is 0 Å². The number of carbonyl (C=O) groups excluding carboxylic acids is 1. The second-order valence-electron chi connectivity index (χ2n) is 3.18. The lowest BCUT2D eigenvalue weighted by Crippen LogP contribution is -2.47. The van der Waals surface area contributed by atoms with Gasteiger partial charge in [0, 0.05) is 6.20 Å². The summed E-state index contributed by atoms with van der Waals surface area (Å²) in [7, 11) is 0. The van der Waals surface area contributed by atoms with Gasteiger partial charge in [0.25, 0.3) is 0 Å². The summed E-state index contributed by atoms with van der Waals surface area (Å²) in [5.41, 5.74) is 0. The van der Waals surface area contributed by atoms with Gasteiger partial charge in [-0.05, 0) is 12.8 Å². The smallest absolute Gasteiger partial charge is 0.326 e. The van der Waals surface area contributed by atoms with Gasteiger partial charge in [0.2, 0.25) is 0 Å². The number of hydrogen-bond acceptors (Lipinski definition) is 2. The first-order valence-electron chi connectivity index (χ1n) is 4.40. The fourth-order valence-electron chi connectivity index (χ4n) is 0.855. The molecule has 0 radical (unpaired) electrons. The van der Waals surface area contributed by atoms with Crippen molar-refractivity contribution in [1.82, 2.24) is 10.6 Å². The Morgan fingerprint density at radius 2 is 1.93 bits per heavy atom. The van der Waals surface area contributed by atoms with Gasteiger partial charge in [-0.1, -0.05) is 19.9 Å². The minimum atomic E-state index is -1.03. The Balaban J connectivity index is 4.17. The summed E-state index contributed by atoms with van der Waals surface area (Å²) in [5.74, 6) is -1.18. The predicted octanol–water partition coefficient (Wildman–Crippen LogP) is 0.928. The Kier molecular flexibility index (Phi) is 5.36. The van der Waals surface area contributed by atoms with Gasteiger partial charge in [-0.15, -0.1) is 0 Å². The number of allylic oxidation sites excluding steroid dienone is 1. The van der Waals surface area contributed by atoms with Crippen LogP contribution in [-0.2, 0) is 4.79 Å². The zero-order valence-electron chi connectivity index (χ0n) is 8.57. The van der Waals surface area contributed by atoms with Crippen LogP contribution in [0.15, 0.2) is 12.3 Å². The summed E-state index contributed by atoms with van der Waals surface area (Å²) >= 11 is 0.